The van der Waals surface area contributed by atoms with Crippen molar-refractivity contribution < 1.29 is 4.79 Å². The molecule has 20 heavy (non-hydrogen) atoms. The van der Waals surface area contributed by atoms with Crippen molar-refractivity contribution in [2.45, 2.75) is 33.1 Å². The van der Waals surface area contributed by atoms with Gasteiger partial charge in [0.2, 0.25) is 0 Å². The Morgan fingerprint density at radius 1 is 1.25 bits per heavy atom. The number of carbonyl (C=O) groups is 1. The van der Waals surface area contributed by atoms with Gasteiger partial charge in [-0.05, 0) is 56.3 Å². The molecule has 1 fully saturated rings. The molecule has 0 saturated carbocycles. The molecule has 1 aromatic carbocycles. The zero-order valence-electron chi connectivity index (χ0n) is 12.4. The molecule has 0 amide bonds. The molecule has 3 heteroatoms. The first kappa shape index (κ1) is 15.7. The van der Waals surface area contributed by atoms with E-state index in [0.717, 1.165) is 35.0 Å². The van der Waals surface area contributed by atoms with Gasteiger partial charge in [-0.25, -0.2) is 0 Å². The van der Waals surface area contributed by atoms with E-state index in [9.17, 15) is 4.79 Å². The summed E-state index contributed by atoms with van der Waals surface area (Å²) < 4.78 is 1.02. The number of halogens is 1. The van der Waals surface area contributed by atoms with Crippen molar-refractivity contribution in [3.05, 3.63) is 34.3 Å². The van der Waals surface area contributed by atoms with Crippen molar-refractivity contribution in [3.8, 4) is 0 Å². The minimum atomic E-state index is 0.237. The number of Topliss-reactive ketones (excluding diaryl/α,β-unsaturated/α-hetero) is 1. The fourth-order valence-corrected chi connectivity index (χ4v) is 3.20. The first-order valence-corrected chi connectivity index (χ1v) is 8.36. The van der Waals surface area contributed by atoms with Crippen LogP contribution in [0, 0.1) is 11.8 Å². The van der Waals surface area contributed by atoms with Crippen LogP contribution >= 0.6 is 15.9 Å². The molecule has 1 saturated heterocycles. The normalized spacial score (nSPS) is 20.9. The van der Waals surface area contributed by atoms with Crippen LogP contribution < -0.4 is 0 Å². The zero-order valence-corrected chi connectivity index (χ0v) is 14.0. The van der Waals surface area contributed by atoms with E-state index >= 15 is 0 Å². The Kier molecular flexibility index (Phi) is 5.79. The number of hydrogen-bond acceptors (Lipinski definition) is 2. The molecule has 1 aliphatic rings. The highest BCUT2D eigenvalue weighted by Gasteiger charge is 2.21. The van der Waals surface area contributed by atoms with Crippen LogP contribution in [0.15, 0.2) is 28.7 Å². The van der Waals surface area contributed by atoms with Crippen LogP contribution in [0.3, 0.4) is 0 Å². The summed E-state index contributed by atoms with van der Waals surface area (Å²) in [7, 11) is 0. The van der Waals surface area contributed by atoms with Crippen molar-refractivity contribution in [1.82, 2.24) is 4.90 Å². The van der Waals surface area contributed by atoms with Crippen LogP contribution in [0.5, 0.6) is 0 Å². The number of likely N-dealkylation sites (tertiary alicyclic amines) is 1. The van der Waals surface area contributed by atoms with E-state index in [1.165, 1.54) is 19.3 Å². The maximum atomic E-state index is 12.3. The maximum Gasteiger partial charge on any atom is 0.176 e. The van der Waals surface area contributed by atoms with Gasteiger partial charge in [0.05, 0.1) is 6.54 Å². The Bertz CT molecular complexity index is 441. The molecule has 1 aromatic rings. The standard InChI is InChI=1S/C17H24BrNO/c1-13(2)14-4-3-10-19(11-9-14)12-17(20)15-5-7-16(18)8-6-15/h5-8,13-14H,3-4,9-12H2,1-2H3. The van der Waals surface area contributed by atoms with Gasteiger partial charge in [-0.2, -0.15) is 0 Å². The third-order valence-electron chi connectivity index (χ3n) is 4.34. The Balaban J connectivity index is 1.90. The summed E-state index contributed by atoms with van der Waals surface area (Å²) in [4.78, 5) is 14.6. The molecule has 0 radical (unpaired) electrons. The van der Waals surface area contributed by atoms with Gasteiger partial charge in [-0.15, -0.1) is 0 Å². The van der Waals surface area contributed by atoms with Gasteiger partial charge < -0.3 is 0 Å². The third kappa shape index (κ3) is 4.42. The summed E-state index contributed by atoms with van der Waals surface area (Å²) in [5.41, 5.74) is 0.817. The fraction of sp³-hybridized carbons (Fsp3) is 0.588. The topological polar surface area (TPSA) is 20.3 Å². The Hall–Kier alpha value is -0.670. The van der Waals surface area contributed by atoms with Crippen molar-refractivity contribution in [2.75, 3.05) is 19.6 Å². The van der Waals surface area contributed by atoms with E-state index < -0.39 is 0 Å². The molecule has 110 valence electrons. The van der Waals surface area contributed by atoms with Gasteiger partial charge >= 0.3 is 0 Å². The lowest BCUT2D eigenvalue weighted by atomic mass is 9.89. The summed E-state index contributed by atoms with van der Waals surface area (Å²) in [6.45, 7) is 7.31. The Morgan fingerprint density at radius 2 is 1.95 bits per heavy atom. The summed E-state index contributed by atoms with van der Waals surface area (Å²) >= 11 is 3.40. The average Bonchev–Trinajstić information content (AvgIpc) is 2.65. The van der Waals surface area contributed by atoms with Gasteiger partial charge in [0, 0.05) is 10.0 Å². The van der Waals surface area contributed by atoms with E-state index in [0.29, 0.717) is 6.54 Å². The van der Waals surface area contributed by atoms with Crippen LogP contribution in [-0.4, -0.2) is 30.3 Å². The SMILES string of the molecule is CC(C)C1CCCN(CC(=O)c2ccc(Br)cc2)CC1. The van der Waals surface area contributed by atoms with Gasteiger partial charge in [-0.1, -0.05) is 41.9 Å². The molecule has 1 heterocycles. The molecule has 0 bridgehead atoms. The first-order chi connectivity index (χ1) is 9.56. The number of benzene rings is 1. The summed E-state index contributed by atoms with van der Waals surface area (Å²) in [5, 5.41) is 0. The van der Waals surface area contributed by atoms with Crippen molar-refractivity contribution >= 4 is 21.7 Å². The maximum absolute atomic E-state index is 12.3. The Labute approximate surface area is 130 Å². The summed E-state index contributed by atoms with van der Waals surface area (Å²) in [5.74, 6) is 1.82. The van der Waals surface area contributed by atoms with Gasteiger partial charge in [-0.3, -0.25) is 9.69 Å². The molecule has 0 aliphatic carbocycles. The average molecular weight is 338 g/mol. The summed E-state index contributed by atoms with van der Waals surface area (Å²) in [6.07, 6.45) is 3.75. The monoisotopic (exact) mass is 337 g/mol. The molecule has 0 spiro atoms. The third-order valence-corrected chi connectivity index (χ3v) is 4.87. The molecule has 2 nitrogen and oxygen atoms in total. The van der Waals surface area contributed by atoms with Crippen molar-refractivity contribution in [1.29, 1.82) is 0 Å². The van der Waals surface area contributed by atoms with E-state index in [2.05, 4.69) is 34.7 Å². The number of rotatable bonds is 4. The lowest BCUT2D eigenvalue weighted by molar-refractivity contribution is 0.0932. The minimum absolute atomic E-state index is 0.237. The quantitative estimate of drug-likeness (QED) is 0.759. The highest BCUT2D eigenvalue weighted by atomic mass is 79.9. The zero-order chi connectivity index (χ0) is 14.5. The molecule has 0 N–H and O–H groups in total. The predicted octanol–water partition coefficient (Wildman–Crippen LogP) is 4.39. The fourth-order valence-electron chi connectivity index (χ4n) is 2.94. The molecular formula is C17H24BrNO. The molecular weight excluding hydrogens is 314 g/mol. The molecule has 1 atom stereocenters. The molecule has 0 aromatic heterocycles. The van der Waals surface area contributed by atoms with Crippen LogP contribution in [0.1, 0.15) is 43.5 Å². The highest BCUT2D eigenvalue weighted by Crippen LogP contribution is 2.24. The second-order valence-corrected chi connectivity index (χ2v) is 7.06. The van der Waals surface area contributed by atoms with Crippen LogP contribution in [-0.2, 0) is 0 Å². The largest absolute Gasteiger partial charge is 0.296 e. The van der Waals surface area contributed by atoms with Gasteiger partial charge in [0.1, 0.15) is 0 Å². The lowest BCUT2D eigenvalue weighted by Gasteiger charge is -2.20. The molecule has 1 aliphatic heterocycles. The van der Waals surface area contributed by atoms with Crippen molar-refractivity contribution in [2.24, 2.45) is 11.8 Å². The van der Waals surface area contributed by atoms with E-state index in [1.54, 1.807) is 0 Å². The molecule has 1 unspecified atom stereocenters. The van der Waals surface area contributed by atoms with Gasteiger partial charge in [0.15, 0.2) is 5.78 Å². The minimum Gasteiger partial charge on any atom is -0.296 e. The number of carbonyl (C=O) groups excluding carboxylic acids is 1. The highest BCUT2D eigenvalue weighted by molar-refractivity contribution is 9.10. The van der Waals surface area contributed by atoms with E-state index in [-0.39, 0.29) is 5.78 Å². The number of nitrogens with zero attached hydrogens (tertiary/aromatic N) is 1. The smallest absolute Gasteiger partial charge is 0.176 e. The predicted molar refractivity (Wildman–Crippen MR) is 87.1 cm³/mol. The van der Waals surface area contributed by atoms with Crippen LogP contribution in [0.2, 0.25) is 0 Å². The van der Waals surface area contributed by atoms with Gasteiger partial charge in [0.25, 0.3) is 0 Å². The number of hydrogen-bond donors (Lipinski definition) is 0. The Morgan fingerprint density at radius 3 is 2.60 bits per heavy atom. The first-order valence-electron chi connectivity index (χ1n) is 7.57. The van der Waals surface area contributed by atoms with Crippen molar-refractivity contribution in [3.63, 3.8) is 0 Å². The van der Waals surface area contributed by atoms with Crippen LogP contribution in [0.4, 0.5) is 0 Å². The molecule has 2 rings (SSSR count). The summed E-state index contributed by atoms with van der Waals surface area (Å²) in [6, 6.07) is 7.68. The second kappa shape index (κ2) is 7.37. The van der Waals surface area contributed by atoms with E-state index in [4.69, 9.17) is 0 Å². The van der Waals surface area contributed by atoms with Crippen LogP contribution in [0.25, 0.3) is 0 Å². The number of ketones is 1. The lowest BCUT2D eigenvalue weighted by Crippen LogP contribution is -2.31. The second-order valence-electron chi connectivity index (χ2n) is 6.14. The van der Waals surface area contributed by atoms with E-state index in [1.807, 2.05) is 24.3 Å².